The molecule has 1 amide bonds. The Bertz CT molecular complexity index is 900. The fourth-order valence-corrected chi connectivity index (χ4v) is 3.76. The number of carbonyl (C=O) groups excluding carboxylic acids is 1. The summed E-state index contributed by atoms with van der Waals surface area (Å²) in [5.41, 5.74) is 1.99. The molecule has 28 heavy (non-hydrogen) atoms. The van der Waals surface area contributed by atoms with Crippen molar-refractivity contribution >= 4 is 40.8 Å². The number of carboxylic acid groups (broad SMARTS) is 1. The van der Waals surface area contributed by atoms with Crippen LogP contribution in [0.2, 0.25) is 10.0 Å². The van der Waals surface area contributed by atoms with Gasteiger partial charge in [-0.15, -0.1) is 0 Å². The van der Waals surface area contributed by atoms with E-state index in [1.807, 2.05) is 19.9 Å². The van der Waals surface area contributed by atoms with E-state index < -0.39 is 24.6 Å². The molecule has 2 aromatic carbocycles. The Kier molecular flexibility index (Phi) is 6.28. The fraction of sp³-hybridized carbons (Fsp3) is 0.333. The third-order valence-corrected chi connectivity index (χ3v) is 5.08. The predicted molar refractivity (Wildman–Crippen MR) is 109 cm³/mol. The zero-order chi connectivity index (χ0) is 20.4. The Balaban J connectivity index is 2.20. The highest BCUT2D eigenvalue weighted by Gasteiger charge is 2.38. The van der Waals surface area contributed by atoms with E-state index in [9.17, 15) is 14.7 Å². The van der Waals surface area contributed by atoms with Gasteiger partial charge < -0.3 is 14.7 Å². The van der Waals surface area contributed by atoms with Crippen molar-refractivity contribution in [3.05, 3.63) is 63.6 Å². The monoisotopic (exact) mass is 421 g/mol. The van der Waals surface area contributed by atoms with Crippen molar-refractivity contribution < 1.29 is 19.4 Å². The molecule has 7 heteroatoms. The van der Waals surface area contributed by atoms with E-state index in [0.717, 1.165) is 0 Å². The van der Waals surface area contributed by atoms with E-state index in [4.69, 9.17) is 27.9 Å². The third kappa shape index (κ3) is 4.32. The molecule has 1 aliphatic heterocycles. The zero-order valence-electron chi connectivity index (χ0n) is 15.6. The van der Waals surface area contributed by atoms with Crippen LogP contribution in [-0.4, -0.2) is 29.6 Å². The molecule has 1 N–H and O–H groups in total. The van der Waals surface area contributed by atoms with Gasteiger partial charge in [-0.2, -0.15) is 0 Å². The van der Waals surface area contributed by atoms with Gasteiger partial charge in [0.1, 0.15) is 12.2 Å². The summed E-state index contributed by atoms with van der Waals surface area (Å²) in [4.78, 5) is 26.2. The molecule has 2 aromatic rings. The Morgan fingerprint density at radius 2 is 1.89 bits per heavy atom. The lowest BCUT2D eigenvalue weighted by atomic mass is 9.99. The minimum Gasteiger partial charge on any atom is -0.481 e. The van der Waals surface area contributed by atoms with Crippen molar-refractivity contribution in [2.24, 2.45) is 5.92 Å². The van der Waals surface area contributed by atoms with E-state index >= 15 is 0 Å². The third-order valence-electron chi connectivity index (χ3n) is 4.50. The van der Waals surface area contributed by atoms with Gasteiger partial charge >= 0.3 is 5.97 Å². The van der Waals surface area contributed by atoms with E-state index in [-0.39, 0.29) is 11.8 Å². The minimum atomic E-state index is -1.14. The quantitative estimate of drug-likeness (QED) is 0.741. The SMILES string of the molecule is CC(C)CN1C(=O)[C@@H](CC(=O)O)O[C@H](c2ccccc2Cl)c2cc(Cl)ccc21. The van der Waals surface area contributed by atoms with Crippen LogP contribution in [0.3, 0.4) is 0 Å². The molecule has 3 rings (SSSR count). The molecule has 2 atom stereocenters. The maximum atomic E-state index is 13.2. The lowest BCUT2D eigenvalue weighted by Gasteiger charge is -2.26. The molecule has 5 nitrogen and oxygen atoms in total. The molecule has 0 saturated heterocycles. The molecule has 1 heterocycles. The van der Waals surface area contributed by atoms with Crippen molar-refractivity contribution in [2.45, 2.75) is 32.5 Å². The molecule has 0 aliphatic carbocycles. The van der Waals surface area contributed by atoms with E-state index in [1.165, 1.54) is 0 Å². The molecule has 0 bridgehead atoms. The summed E-state index contributed by atoms with van der Waals surface area (Å²) in [5, 5.41) is 10.3. The van der Waals surface area contributed by atoms with E-state index in [2.05, 4.69) is 0 Å². The first kappa shape index (κ1) is 20.6. The second kappa shape index (κ2) is 8.52. The number of ether oxygens (including phenoxy) is 1. The number of carbonyl (C=O) groups is 2. The number of anilines is 1. The van der Waals surface area contributed by atoms with Crippen LogP contribution < -0.4 is 4.90 Å². The van der Waals surface area contributed by atoms with Gasteiger partial charge in [0.05, 0.1) is 6.42 Å². The van der Waals surface area contributed by atoms with Crippen molar-refractivity contribution in [3.63, 3.8) is 0 Å². The number of carboxylic acids is 1. The van der Waals surface area contributed by atoms with Crippen molar-refractivity contribution in [3.8, 4) is 0 Å². The van der Waals surface area contributed by atoms with Gasteiger partial charge in [0.25, 0.3) is 5.91 Å². The number of hydrogen-bond donors (Lipinski definition) is 1. The Labute approximate surface area is 173 Å². The molecule has 0 saturated carbocycles. The first-order chi connectivity index (χ1) is 13.3. The van der Waals surface area contributed by atoms with Crippen LogP contribution in [0.5, 0.6) is 0 Å². The van der Waals surface area contributed by atoms with Crippen molar-refractivity contribution in [1.82, 2.24) is 0 Å². The average Bonchev–Trinajstić information content (AvgIpc) is 2.72. The fourth-order valence-electron chi connectivity index (χ4n) is 3.35. The Hall–Kier alpha value is -2.08. The van der Waals surface area contributed by atoms with Crippen LogP contribution in [-0.2, 0) is 14.3 Å². The Morgan fingerprint density at radius 3 is 2.54 bits per heavy atom. The average molecular weight is 422 g/mol. The largest absolute Gasteiger partial charge is 0.481 e. The number of nitrogens with zero attached hydrogens (tertiary/aromatic N) is 1. The zero-order valence-corrected chi connectivity index (χ0v) is 17.1. The second-order valence-corrected chi connectivity index (χ2v) is 8.01. The van der Waals surface area contributed by atoms with Gasteiger partial charge in [0.2, 0.25) is 0 Å². The predicted octanol–water partition coefficient (Wildman–Crippen LogP) is 4.95. The van der Waals surface area contributed by atoms with Crippen molar-refractivity contribution in [1.29, 1.82) is 0 Å². The molecule has 148 valence electrons. The summed E-state index contributed by atoms with van der Waals surface area (Å²) in [5.74, 6) is -1.31. The van der Waals surface area contributed by atoms with Crippen LogP contribution in [0.4, 0.5) is 5.69 Å². The van der Waals surface area contributed by atoms with Gasteiger partial charge in [-0.05, 0) is 30.2 Å². The smallest absolute Gasteiger partial charge is 0.306 e. The van der Waals surface area contributed by atoms with Gasteiger partial charge in [-0.1, -0.05) is 55.2 Å². The highest BCUT2D eigenvalue weighted by Crippen LogP contribution is 2.42. The summed E-state index contributed by atoms with van der Waals surface area (Å²) in [7, 11) is 0. The molecule has 0 radical (unpaired) electrons. The summed E-state index contributed by atoms with van der Waals surface area (Å²) < 4.78 is 6.08. The van der Waals surface area contributed by atoms with Crippen LogP contribution in [0.25, 0.3) is 0 Å². The van der Waals surface area contributed by atoms with E-state index in [1.54, 1.807) is 41.3 Å². The van der Waals surface area contributed by atoms with Crippen LogP contribution >= 0.6 is 23.2 Å². The number of rotatable bonds is 5. The van der Waals surface area contributed by atoms with Crippen LogP contribution in [0, 0.1) is 5.92 Å². The molecular weight excluding hydrogens is 401 g/mol. The van der Waals surface area contributed by atoms with Crippen molar-refractivity contribution in [2.75, 3.05) is 11.4 Å². The number of amides is 1. The summed E-state index contributed by atoms with van der Waals surface area (Å²) >= 11 is 12.6. The molecule has 0 unspecified atom stereocenters. The minimum absolute atomic E-state index is 0.176. The van der Waals surface area contributed by atoms with Gasteiger partial charge in [-0.25, -0.2) is 0 Å². The van der Waals surface area contributed by atoms with E-state index in [0.29, 0.717) is 33.4 Å². The second-order valence-electron chi connectivity index (χ2n) is 7.17. The lowest BCUT2D eigenvalue weighted by Crippen LogP contribution is -2.42. The first-order valence-electron chi connectivity index (χ1n) is 9.00. The summed E-state index contributed by atoms with van der Waals surface area (Å²) in [6.45, 7) is 4.42. The molecular formula is C21H21Cl2NO4. The lowest BCUT2D eigenvalue weighted by molar-refractivity contribution is -0.146. The normalized spacial score (nSPS) is 19.5. The maximum Gasteiger partial charge on any atom is 0.306 e. The maximum absolute atomic E-state index is 13.2. The summed E-state index contributed by atoms with van der Waals surface area (Å²) in [6, 6.07) is 12.4. The van der Waals surface area contributed by atoms with Gasteiger partial charge in [-0.3, -0.25) is 9.59 Å². The van der Waals surface area contributed by atoms with Crippen LogP contribution in [0.1, 0.15) is 37.5 Å². The van der Waals surface area contributed by atoms with Gasteiger partial charge in [0, 0.05) is 33.4 Å². The number of fused-ring (bicyclic) bond motifs is 1. The Morgan fingerprint density at radius 1 is 1.18 bits per heavy atom. The molecule has 0 aromatic heterocycles. The molecule has 1 aliphatic rings. The standard InChI is InChI=1S/C21H21Cl2NO4/c1-12(2)11-24-17-8-7-13(22)9-15(17)20(14-5-3-4-6-16(14)23)28-18(21(24)27)10-19(25)26/h3-9,12,18,20H,10-11H2,1-2H3,(H,25,26)/t18-,20-/m1/s1. The number of halogens is 2. The number of aliphatic carboxylic acids is 1. The molecule has 0 fully saturated rings. The topological polar surface area (TPSA) is 66.8 Å². The highest BCUT2D eigenvalue weighted by atomic mass is 35.5. The first-order valence-corrected chi connectivity index (χ1v) is 9.76. The van der Waals surface area contributed by atoms with Gasteiger partial charge in [0.15, 0.2) is 0 Å². The van der Waals surface area contributed by atoms with Crippen LogP contribution in [0.15, 0.2) is 42.5 Å². The number of hydrogen-bond acceptors (Lipinski definition) is 3. The summed E-state index contributed by atoms with van der Waals surface area (Å²) in [6.07, 6.45) is -2.28. The number of benzene rings is 2. The molecule has 0 spiro atoms. The highest BCUT2D eigenvalue weighted by molar-refractivity contribution is 6.31.